The third kappa shape index (κ3) is 24.7. The van der Waals surface area contributed by atoms with Crippen molar-refractivity contribution in [3.63, 3.8) is 0 Å². The molecule has 49 heavy (non-hydrogen) atoms. The number of carbonyl (C=O) groups excluding carboxylic acids is 1. The van der Waals surface area contributed by atoms with Crippen molar-refractivity contribution in [3.8, 4) is 0 Å². The van der Waals surface area contributed by atoms with Crippen molar-refractivity contribution in [3.05, 3.63) is 12.2 Å². The summed E-state index contributed by atoms with van der Waals surface area (Å²) in [7, 11) is 0. The number of hydrogen-bond donors (Lipinski definition) is 6. The van der Waals surface area contributed by atoms with E-state index in [1.165, 1.54) is 128 Å². The molecular formula is C41H79NO7. The van der Waals surface area contributed by atoms with Crippen molar-refractivity contribution in [2.24, 2.45) is 0 Å². The van der Waals surface area contributed by atoms with Crippen molar-refractivity contribution >= 4 is 5.91 Å². The predicted octanol–water partition coefficient (Wildman–Crippen LogP) is 8.19. The van der Waals surface area contributed by atoms with Crippen LogP contribution in [0.25, 0.3) is 0 Å². The fourth-order valence-corrected chi connectivity index (χ4v) is 6.78. The van der Waals surface area contributed by atoms with E-state index >= 15 is 0 Å². The highest BCUT2D eigenvalue weighted by molar-refractivity contribution is 5.76. The van der Waals surface area contributed by atoms with Gasteiger partial charge in [-0.25, -0.2) is 0 Å². The molecule has 0 bridgehead atoms. The standard InChI is InChI=1S/C41H79NO7/c1-3-5-6-7-8-9-10-11-12-13-14-15-16-17-18-19-20-21-22-23-24-25-26-31-39(46)42-35(37(45)32-34(43)4-2)33-49-38-30-28-27-29-36(44)40(47)41(38)48/h28,30,34-38,40-41,43-45,47-48H,3-27,29,31-33H2,1-2H3,(H,42,46)/b30-28-. The molecule has 290 valence electrons. The van der Waals surface area contributed by atoms with Crippen LogP contribution in [0.4, 0.5) is 0 Å². The van der Waals surface area contributed by atoms with E-state index in [0.717, 1.165) is 19.3 Å². The molecule has 0 aliphatic heterocycles. The highest BCUT2D eigenvalue weighted by atomic mass is 16.5. The summed E-state index contributed by atoms with van der Waals surface area (Å²) in [4.78, 5) is 12.8. The summed E-state index contributed by atoms with van der Waals surface area (Å²) in [6, 6.07) is -0.772. The van der Waals surface area contributed by atoms with Gasteiger partial charge in [-0.1, -0.05) is 167 Å². The van der Waals surface area contributed by atoms with Gasteiger partial charge in [0.1, 0.15) is 18.3 Å². The van der Waals surface area contributed by atoms with Gasteiger partial charge in [0.15, 0.2) is 0 Å². The normalized spacial score (nSPS) is 22.3. The Morgan fingerprint density at radius 3 is 1.59 bits per heavy atom. The molecular weight excluding hydrogens is 618 g/mol. The Morgan fingerprint density at radius 2 is 1.14 bits per heavy atom. The molecule has 0 saturated heterocycles. The molecule has 7 atom stereocenters. The first kappa shape index (κ1) is 46.0. The first-order valence-corrected chi connectivity index (χ1v) is 20.8. The Balaban J connectivity index is 2.10. The van der Waals surface area contributed by atoms with Gasteiger partial charge in [0.05, 0.1) is 31.0 Å². The van der Waals surface area contributed by atoms with E-state index in [-0.39, 0.29) is 18.9 Å². The Morgan fingerprint density at radius 1 is 0.694 bits per heavy atom. The van der Waals surface area contributed by atoms with Crippen molar-refractivity contribution < 1.29 is 35.1 Å². The van der Waals surface area contributed by atoms with Gasteiger partial charge in [-0.3, -0.25) is 4.79 Å². The lowest BCUT2D eigenvalue weighted by Gasteiger charge is -2.32. The van der Waals surface area contributed by atoms with E-state index in [4.69, 9.17) is 4.74 Å². The fourth-order valence-electron chi connectivity index (χ4n) is 6.78. The van der Waals surface area contributed by atoms with Crippen LogP contribution in [0.15, 0.2) is 12.2 Å². The monoisotopic (exact) mass is 698 g/mol. The van der Waals surface area contributed by atoms with Crippen LogP contribution in [0.5, 0.6) is 0 Å². The molecule has 0 aromatic heterocycles. The molecule has 1 aliphatic carbocycles. The van der Waals surface area contributed by atoms with Crippen molar-refractivity contribution in [2.45, 2.75) is 236 Å². The molecule has 0 aromatic rings. The van der Waals surface area contributed by atoms with Gasteiger partial charge in [0, 0.05) is 12.8 Å². The molecule has 1 amide bonds. The zero-order valence-electron chi connectivity index (χ0n) is 31.8. The average molecular weight is 698 g/mol. The zero-order chi connectivity index (χ0) is 36.0. The van der Waals surface area contributed by atoms with E-state index in [1.54, 1.807) is 12.2 Å². The summed E-state index contributed by atoms with van der Waals surface area (Å²) in [5.74, 6) is -0.175. The minimum atomic E-state index is -1.35. The highest BCUT2D eigenvalue weighted by Crippen LogP contribution is 2.19. The van der Waals surface area contributed by atoms with Crippen LogP contribution in [-0.2, 0) is 9.53 Å². The van der Waals surface area contributed by atoms with Crippen LogP contribution in [0.1, 0.15) is 194 Å². The molecule has 0 radical (unpaired) electrons. The maximum atomic E-state index is 12.8. The van der Waals surface area contributed by atoms with Crippen LogP contribution in [0, 0.1) is 0 Å². The lowest BCUT2D eigenvalue weighted by Crippen LogP contribution is -2.50. The number of unbranched alkanes of at least 4 members (excludes halogenated alkanes) is 22. The molecule has 1 rings (SSSR count). The van der Waals surface area contributed by atoms with E-state index in [9.17, 15) is 30.3 Å². The number of aliphatic hydroxyl groups excluding tert-OH is 5. The topological polar surface area (TPSA) is 139 Å². The number of amides is 1. The van der Waals surface area contributed by atoms with Gasteiger partial charge >= 0.3 is 0 Å². The van der Waals surface area contributed by atoms with Gasteiger partial charge in [-0.2, -0.15) is 0 Å². The first-order chi connectivity index (χ1) is 23.8. The van der Waals surface area contributed by atoms with Crippen LogP contribution in [0.2, 0.25) is 0 Å². The van der Waals surface area contributed by atoms with E-state index in [2.05, 4.69) is 12.2 Å². The van der Waals surface area contributed by atoms with Crippen LogP contribution in [0.3, 0.4) is 0 Å². The van der Waals surface area contributed by atoms with Crippen molar-refractivity contribution in [2.75, 3.05) is 6.61 Å². The molecule has 0 fully saturated rings. The minimum absolute atomic E-state index is 0.0919. The molecule has 0 heterocycles. The second-order valence-electron chi connectivity index (χ2n) is 14.9. The number of carbonyl (C=O) groups is 1. The Bertz CT molecular complexity index is 781. The summed E-state index contributed by atoms with van der Waals surface area (Å²) in [5.41, 5.74) is 0. The van der Waals surface area contributed by atoms with Crippen LogP contribution in [-0.4, -0.2) is 80.7 Å². The molecule has 6 N–H and O–H groups in total. The number of hydrogen-bond acceptors (Lipinski definition) is 7. The number of allylic oxidation sites excluding steroid dienone is 1. The zero-order valence-corrected chi connectivity index (χ0v) is 31.8. The number of aliphatic hydroxyl groups is 5. The summed E-state index contributed by atoms with van der Waals surface area (Å²) >= 11 is 0. The molecule has 8 nitrogen and oxygen atoms in total. The number of nitrogens with one attached hydrogen (secondary N) is 1. The number of ether oxygens (including phenoxy) is 1. The molecule has 1 aliphatic rings. The lowest BCUT2D eigenvalue weighted by atomic mass is 9.96. The Labute approximate surface area is 300 Å². The lowest BCUT2D eigenvalue weighted by molar-refractivity contribution is -0.128. The largest absolute Gasteiger partial charge is 0.393 e. The SMILES string of the molecule is CCCCCCCCCCCCCCCCCCCCCCCCCC(=O)NC(COC1/C=C\CCC(O)C(O)C1O)C(O)CC(O)CC. The van der Waals surface area contributed by atoms with Gasteiger partial charge in [0.25, 0.3) is 0 Å². The number of rotatable bonds is 32. The highest BCUT2D eigenvalue weighted by Gasteiger charge is 2.33. The molecule has 0 saturated carbocycles. The Hall–Kier alpha value is -1.03. The van der Waals surface area contributed by atoms with Gasteiger partial charge < -0.3 is 35.6 Å². The van der Waals surface area contributed by atoms with E-state index < -0.39 is 42.7 Å². The molecule has 0 spiro atoms. The van der Waals surface area contributed by atoms with Gasteiger partial charge in [0.2, 0.25) is 5.91 Å². The predicted molar refractivity (Wildman–Crippen MR) is 201 cm³/mol. The van der Waals surface area contributed by atoms with Crippen LogP contribution < -0.4 is 5.32 Å². The van der Waals surface area contributed by atoms with E-state index in [1.807, 2.05) is 6.92 Å². The first-order valence-electron chi connectivity index (χ1n) is 20.8. The van der Waals surface area contributed by atoms with Crippen molar-refractivity contribution in [1.82, 2.24) is 5.32 Å². The third-order valence-corrected chi connectivity index (χ3v) is 10.3. The maximum Gasteiger partial charge on any atom is 0.220 e. The van der Waals surface area contributed by atoms with Crippen molar-refractivity contribution in [1.29, 1.82) is 0 Å². The summed E-state index contributed by atoms with van der Waals surface area (Å²) < 4.78 is 5.84. The summed E-state index contributed by atoms with van der Waals surface area (Å²) in [6.07, 6.45) is 29.4. The second kappa shape index (κ2) is 31.7. The van der Waals surface area contributed by atoms with Gasteiger partial charge in [-0.15, -0.1) is 0 Å². The van der Waals surface area contributed by atoms with Gasteiger partial charge in [-0.05, 0) is 25.7 Å². The second-order valence-corrected chi connectivity index (χ2v) is 14.9. The minimum Gasteiger partial charge on any atom is -0.393 e. The van der Waals surface area contributed by atoms with E-state index in [0.29, 0.717) is 25.7 Å². The molecule has 7 unspecified atom stereocenters. The quantitative estimate of drug-likeness (QED) is 0.0308. The molecule has 8 heteroatoms. The molecule has 0 aromatic carbocycles. The maximum absolute atomic E-state index is 12.8. The Kier molecular flexibility index (Phi) is 29.7. The fraction of sp³-hybridized carbons (Fsp3) is 0.927. The van der Waals surface area contributed by atoms with Crippen LogP contribution >= 0.6 is 0 Å². The average Bonchev–Trinajstić information content (AvgIpc) is 3.09. The summed E-state index contributed by atoms with van der Waals surface area (Å²) in [5, 5.41) is 54.5. The smallest absolute Gasteiger partial charge is 0.220 e. The summed E-state index contributed by atoms with van der Waals surface area (Å²) in [6.45, 7) is 4.01. The third-order valence-electron chi connectivity index (χ3n) is 10.3.